The lowest BCUT2D eigenvalue weighted by atomic mass is 10.1. The number of fused-ring (bicyclic) bond motifs is 1. The molecule has 168 valence electrons. The molecule has 4 N–H and O–H groups in total. The fourth-order valence-electron chi connectivity index (χ4n) is 3.92. The Bertz CT molecular complexity index is 1190. The van der Waals surface area contributed by atoms with Gasteiger partial charge in [-0.05, 0) is 36.4 Å². The van der Waals surface area contributed by atoms with Crippen LogP contribution in [0.15, 0.2) is 54.7 Å². The summed E-state index contributed by atoms with van der Waals surface area (Å²) in [6, 6.07) is 14.7. The van der Waals surface area contributed by atoms with Crippen LogP contribution in [0.1, 0.15) is 20.7 Å². The third-order valence-electron chi connectivity index (χ3n) is 5.63. The zero-order valence-electron chi connectivity index (χ0n) is 17.8. The summed E-state index contributed by atoms with van der Waals surface area (Å²) in [6.07, 6.45) is 1.42. The number of primary amides is 1. The first-order valence-electron chi connectivity index (χ1n) is 10.6. The van der Waals surface area contributed by atoms with Gasteiger partial charge in [-0.3, -0.25) is 14.5 Å². The van der Waals surface area contributed by atoms with Gasteiger partial charge in [-0.1, -0.05) is 12.1 Å². The monoisotopic (exact) mass is 445 g/mol. The van der Waals surface area contributed by atoms with Crippen LogP contribution in [-0.4, -0.2) is 54.7 Å². The Hall–Kier alpha value is -4.18. The molecule has 1 saturated heterocycles. The fourth-order valence-corrected chi connectivity index (χ4v) is 3.92. The Morgan fingerprint density at radius 2 is 1.85 bits per heavy atom. The van der Waals surface area contributed by atoms with E-state index in [1.807, 2.05) is 12.1 Å². The van der Waals surface area contributed by atoms with Crippen molar-refractivity contribution in [3.8, 4) is 5.88 Å². The molecule has 5 rings (SSSR count). The molecule has 0 atom stereocenters. The summed E-state index contributed by atoms with van der Waals surface area (Å²) in [4.78, 5) is 37.1. The van der Waals surface area contributed by atoms with Crippen molar-refractivity contribution < 1.29 is 14.3 Å². The minimum atomic E-state index is -0.622. The maximum atomic E-state index is 13.0. The molecule has 0 saturated carbocycles. The SMILES string of the molecule is NC(=O)c1ccccc1N1COc2nc(Nc3ccc(N4CCNCC4)cc3)ncc2C1=O. The van der Waals surface area contributed by atoms with Crippen LogP contribution in [0.25, 0.3) is 0 Å². The van der Waals surface area contributed by atoms with Crippen molar-refractivity contribution in [2.75, 3.05) is 48.0 Å². The van der Waals surface area contributed by atoms with Crippen molar-refractivity contribution in [2.24, 2.45) is 5.73 Å². The number of benzene rings is 2. The van der Waals surface area contributed by atoms with Crippen molar-refractivity contribution >= 4 is 34.8 Å². The van der Waals surface area contributed by atoms with Crippen molar-refractivity contribution in [3.05, 3.63) is 65.9 Å². The topological polar surface area (TPSA) is 126 Å². The Kier molecular flexibility index (Phi) is 5.49. The number of hydrogen-bond acceptors (Lipinski definition) is 8. The number of rotatable bonds is 5. The van der Waals surface area contributed by atoms with Gasteiger partial charge >= 0.3 is 0 Å². The van der Waals surface area contributed by atoms with E-state index in [4.69, 9.17) is 10.5 Å². The Morgan fingerprint density at radius 1 is 1.09 bits per heavy atom. The van der Waals surface area contributed by atoms with Crippen LogP contribution in [0.2, 0.25) is 0 Å². The van der Waals surface area contributed by atoms with Gasteiger partial charge in [0, 0.05) is 43.8 Å². The zero-order chi connectivity index (χ0) is 22.8. The van der Waals surface area contributed by atoms with E-state index in [1.54, 1.807) is 24.3 Å². The number of para-hydroxylation sites is 1. The van der Waals surface area contributed by atoms with Crippen LogP contribution in [0, 0.1) is 0 Å². The van der Waals surface area contributed by atoms with E-state index < -0.39 is 5.91 Å². The molecule has 2 aromatic carbocycles. The number of nitrogens with two attached hydrogens (primary N) is 1. The van der Waals surface area contributed by atoms with E-state index in [0.29, 0.717) is 11.6 Å². The summed E-state index contributed by atoms with van der Waals surface area (Å²) in [6.45, 7) is 3.83. The molecule has 33 heavy (non-hydrogen) atoms. The Balaban J connectivity index is 1.32. The molecule has 0 unspecified atom stereocenters. The molecule has 1 fully saturated rings. The first-order valence-corrected chi connectivity index (χ1v) is 10.6. The maximum absolute atomic E-state index is 13.0. The summed E-state index contributed by atoms with van der Waals surface area (Å²) in [5, 5.41) is 6.49. The molecule has 0 aliphatic carbocycles. The van der Waals surface area contributed by atoms with Gasteiger partial charge in [0.05, 0.1) is 11.3 Å². The average molecular weight is 445 g/mol. The quantitative estimate of drug-likeness (QED) is 0.542. The number of amides is 2. The van der Waals surface area contributed by atoms with Crippen molar-refractivity contribution in [2.45, 2.75) is 0 Å². The first kappa shape index (κ1) is 20.7. The number of anilines is 4. The molecule has 3 aromatic rings. The van der Waals surface area contributed by atoms with Gasteiger partial charge in [-0.2, -0.15) is 4.98 Å². The number of nitrogens with one attached hydrogen (secondary N) is 2. The smallest absolute Gasteiger partial charge is 0.268 e. The molecule has 0 spiro atoms. The largest absolute Gasteiger partial charge is 0.455 e. The lowest BCUT2D eigenvalue weighted by Gasteiger charge is -2.29. The second kappa shape index (κ2) is 8.75. The molecule has 10 heteroatoms. The molecule has 1 aromatic heterocycles. The molecule has 0 radical (unpaired) electrons. The molecule has 2 aliphatic heterocycles. The van der Waals surface area contributed by atoms with Crippen molar-refractivity contribution in [3.63, 3.8) is 0 Å². The van der Waals surface area contributed by atoms with Crippen LogP contribution in [0.4, 0.5) is 23.0 Å². The molecular weight excluding hydrogens is 422 g/mol. The summed E-state index contributed by atoms with van der Waals surface area (Å²) in [5.74, 6) is -0.481. The highest BCUT2D eigenvalue weighted by molar-refractivity contribution is 6.11. The lowest BCUT2D eigenvalue weighted by Crippen LogP contribution is -2.43. The fraction of sp³-hybridized carbons (Fsp3) is 0.217. The highest BCUT2D eigenvalue weighted by Crippen LogP contribution is 2.30. The molecule has 3 heterocycles. The number of nitrogens with zero attached hydrogens (tertiary/aromatic N) is 4. The lowest BCUT2D eigenvalue weighted by molar-refractivity contribution is 0.0932. The summed E-state index contributed by atoms with van der Waals surface area (Å²) < 4.78 is 5.72. The van der Waals surface area contributed by atoms with Gasteiger partial charge < -0.3 is 26.0 Å². The molecule has 0 bridgehead atoms. The number of hydrogen-bond donors (Lipinski definition) is 3. The zero-order valence-corrected chi connectivity index (χ0v) is 17.8. The minimum absolute atomic E-state index is 0.0913. The van der Waals surface area contributed by atoms with Crippen LogP contribution in [0.5, 0.6) is 5.88 Å². The predicted octanol–water partition coefficient (Wildman–Crippen LogP) is 1.73. The predicted molar refractivity (Wildman–Crippen MR) is 124 cm³/mol. The molecular formula is C23H23N7O3. The maximum Gasteiger partial charge on any atom is 0.268 e. The number of ether oxygens (including phenoxy) is 1. The van der Waals surface area contributed by atoms with Crippen molar-refractivity contribution in [1.82, 2.24) is 15.3 Å². The van der Waals surface area contributed by atoms with Gasteiger partial charge in [0.25, 0.3) is 11.8 Å². The van der Waals surface area contributed by atoms with Gasteiger partial charge in [0.15, 0.2) is 6.73 Å². The summed E-state index contributed by atoms with van der Waals surface area (Å²) in [7, 11) is 0. The second-order valence-corrected chi connectivity index (χ2v) is 7.71. The number of aromatic nitrogens is 2. The molecule has 2 aliphatic rings. The van der Waals surface area contributed by atoms with Gasteiger partial charge in [0.2, 0.25) is 11.8 Å². The van der Waals surface area contributed by atoms with E-state index in [-0.39, 0.29) is 29.6 Å². The number of carbonyl (C=O) groups excluding carboxylic acids is 2. The number of piperazine rings is 1. The van der Waals surface area contributed by atoms with Crippen LogP contribution >= 0.6 is 0 Å². The van der Waals surface area contributed by atoms with Gasteiger partial charge in [-0.25, -0.2) is 4.98 Å². The van der Waals surface area contributed by atoms with Crippen LogP contribution in [-0.2, 0) is 0 Å². The minimum Gasteiger partial charge on any atom is -0.455 e. The number of carbonyl (C=O) groups is 2. The van der Waals surface area contributed by atoms with E-state index in [2.05, 4.69) is 37.6 Å². The molecule has 2 amide bonds. The van der Waals surface area contributed by atoms with Crippen LogP contribution in [0.3, 0.4) is 0 Å². The standard InChI is InChI=1S/C23H23N7O3/c24-20(31)17-3-1-2-4-19(17)30-14-33-21-18(22(30)32)13-26-23(28-21)27-15-5-7-16(8-6-15)29-11-9-25-10-12-29/h1-8,13,25H,9-12,14H2,(H2,24,31)(H,26,27,28). The highest BCUT2D eigenvalue weighted by atomic mass is 16.5. The van der Waals surface area contributed by atoms with Crippen molar-refractivity contribution in [1.29, 1.82) is 0 Å². The van der Waals surface area contributed by atoms with E-state index in [9.17, 15) is 9.59 Å². The second-order valence-electron chi connectivity index (χ2n) is 7.71. The van der Waals surface area contributed by atoms with E-state index >= 15 is 0 Å². The normalized spacial score (nSPS) is 15.6. The van der Waals surface area contributed by atoms with E-state index in [1.165, 1.54) is 16.8 Å². The Morgan fingerprint density at radius 3 is 2.61 bits per heavy atom. The van der Waals surface area contributed by atoms with Gasteiger partial charge in [0.1, 0.15) is 5.56 Å². The molecule has 10 nitrogen and oxygen atoms in total. The highest BCUT2D eigenvalue weighted by Gasteiger charge is 2.30. The summed E-state index contributed by atoms with van der Waals surface area (Å²) in [5.41, 5.74) is 8.27. The first-order chi connectivity index (χ1) is 16.1. The third kappa shape index (κ3) is 4.15. The third-order valence-corrected chi connectivity index (χ3v) is 5.63. The average Bonchev–Trinajstić information content (AvgIpc) is 2.85. The van der Waals surface area contributed by atoms with Crippen LogP contribution < -0.4 is 30.9 Å². The van der Waals surface area contributed by atoms with Gasteiger partial charge in [-0.15, -0.1) is 0 Å². The van der Waals surface area contributed by atoms with E-state index in [0.717, 1.165) is 31.9 Å². The Labute approximate surface area is 190 Å². The summed E-state index contributed by atoms with van der Waals surface area (Å²) >= 11 is 0.